The SMILES string of the molecule is COCCNC(=S)N/N=C1/C[C@@H]2CC=C[C@H]12. The highest BCUT2D eigenvalue weighted by Gasteiger charge is 2.37. The van der Waals surface area contributed by atoms with Gasteiger partial charge in [0.25, 0.3) is 0 Å². The van der Waals surface area contributed by atoms with Gasteiger partial charge in [-0.25, -0.2) is 0 Å². The largest absolute Gasteiger partial charge is 0.383 e. The van der Waals surface area contributed by atoms with Gasteiger partial charge in [-0.3, -0.25) is 5.43 Å². The van der Waals surface area contributed by atoms with Gasteiger partial charge in [0, 0.05) is 25.3 Å². The van der Waals surface area contributed by atoms with Crippen LogP contribution in [0, 0.1) is 11.8 Å². The minimum Gasteiger partial charge on any atom is -0.383 e. The molecule has 0 amide bonds. The molecule has 5 heteroatoms. The molecule has 1 saturated carbocycles. The zero-order valence-corrected chi connectivity index (χ0v) is 10.2. The molecule has 0 aromatic rings. The van der Waals surface area contributed by atoms with Crippen LogP contribution in [0.2, 0.25) is 0 Å². The van der Waals surface area contributed by atoms with Crippen LogP contribution in [-0.2, 0) is 4.74 Å². The molecule has 0 aromatic carbocycles. The van der Waals surface area contributed by atoms with E-state index in [1.807, 2.05) is 0 Å². The number of rotatable bonds is 4. The van der Waals surface area contributed by atoms with Crippen molar-refractivity contribution in [1.29, 1.82) is 0 Å². The Morgan fingerprint density at radius 3 is 3.31 bits per heavy atom. The van der Waals surface area contributed by atoms with Crippen LogP contribution in [0.25, 0.3) is 0 Å². The molecule has 0 heterocycles. The summed E-state index contributed by atoms with van der Waals surface area (Å²) < 4.78 is 4.91. The van der Waals surface area contributed by atoms with Gasteiger partial charge < -0.3 is 10.1 Å². The molecular formula is C11H17N3OS. The molecule has 0 bridgehead atoms. The van der Waals surface area contributed by atoms with Crippen LogP contribution < -0.4 is 10.7 Å². The van der Waals surface area contributed by atoms with Gasteiger partial charge in [-0.2, -0.15) is 5.10 Å². The van der Waals surface area contributed by atoms with Crippen LogP contribution in [0.5, 0.6) is 0 Å². The van der Waals surface area contributed by atoms with E-state index in [1.54, 1.807) is 7.11 Å². The van der Waals surface area contributed by atoms with Gasteiger partial charge in [-0.05, 0) is 31.0 Å². The number of fused-ring (bicyclic) bond motifs is 1. The molecule has 0 aromatic heterocycles. The summed E-state index contributed by atoms with van der Waals surface area (Å²) in [5.41, 5.74) is 4.09. The van der Waals surface area contributed by atoms with E-state index in [0.717, 1.165) is 12.3 Å². The van der Waals surface area contributed by atoms with E-state index in [0.29, 0.717) is 24.2 Å². The fourth-order valence-electron chi connectivity index (χ4n) is 2.09. The molecule has 0 spiro atoms. The van der Waals surface area contributed by atoms with E-state index in [2.05, 4.69) is 28.0 Å². The smallest absolute Gasteiger partial charge is 0.187 e. The lowest BCUT2D eigenvalue weighted by molar-refractivity contribution is 0.204. The predicted molar refractivity (Wildman–Crippen MR) is 68.4 cm³/mol. The van der Waals surface area contributed by atoms with Gasteiger partial charge >= 0.3 is 0 Å². The third-order valence-corrected chi connectivity index (χ3v) is 3.27. The summed E-state index contributed by atoms with van der Waals surface area (Å²) in [6.45, 7) is 1.35. The van der Waals surface area contributed by atoms with Gasteiger partial charge in [0.05, 0.1) is 6.61 Å². The number of hydrazone groups is 1. The van der Waals surface area contributed by atoms with Crippen LogP contribution in [0.3, 0.4) is 0 Å². The average molecular weight is 239 g/mol. The third-order valence-electron chi connectivity index (χ3n) is 3.04. The number of hydrogen-bond donors (Lipinski definition) is 2. The van der Waals surface area contributed by atoms with E-state index in [9.17, 15) is 0 Å². The quantitative estimate of drug-likeness (QED) is 0.333. The monoisotopic (exact) mass is 239 g/mol. The first-order valence-electron chi connectivity index (χ1n) is 5.57. The molecule has 16 heavy (non-hydrogen) atoms. The Hall–Kier alpha value is -0.940. The topological polar surface area (TPSA) is 45.6 Å². The maximum atomic E-state index is 5.07. The fourth-order valence-corrected chi connectivity index (χ4v) is 2.24. The van der Waals surface area contributed by atoms with Crippen molar-refractivity contribution in [3.8, 4) is 0 Å². The Morgan fingerprint density at radius 1 is 1.69 bits per heavy atom. The van der Waals surface area contributed by atoms with E-state index >= 15 is 0 Å². The van der Waals surface area contributed by atoms with Gasteiger partial charge in [-0.15, -0.1) is 0 Å². The number of ether oxygens (including phenoxy) is 1. The molecule has 2 atom stereocenters. The molecule has 2 aliphatic rings. The molecule has 0 aliphatic heterocycles. The number of methoxy groups -OCH3 is 1. The van der Waals surface area contributed by atoms with Gasteiger partial charge in [0.2, 0.25) is 0 Å². The lowest BCUT2D eigenvalue weighted by atomic mass is 9.74. The van der Waals surface area contributed by atoms with Crippen molar-refractivity contribution in [3.63, 3.8) is 0 Å². The van der Waals surface area contributed by atoms with Gasteiger partial charge in [0.1, 0.15) is 0 Å². The predicted octanol–water partition coefficient (Wildman–Crippen LogP) is 1.05. The lowest BCUT2D eigenvalue weighted by Gasteiger charge is -2.31. The van der Waals surface area contributed by atoms with Gasteiger partial charge in [0.15, 0.2) is 5.11 Å². The van der Waals surface area contributed by atoms with Crippen molar-refractivity contribution in [2.75, 3.05) is 20.3 Å². The van der Waals surface area contributed by atoms with Crippen molar-refractivity contribution in [1.82, 2.24) is 10.7 Å². The van der Waals surface area contributed by atoms with Crippen molar-refractivity contribution >= 4 is 23.0 Å². The maximum absolute atomic E-state index is 5.07. The van der Waals surface area contributed by atoms with Crippen LogP contribution in [0.15, 0.2) is 17.3 Å². The number of hydrogen-bond acceptors (Lipinski definition) is 3. The first kappa shape index (κ1) is 11.5. The molecule has 4 nitrogen and oxygen atoms in total. The summed E-state index contributed by atoms with van der Waals surface area (Å²) in [5.74, 6) is 1.37. The Bertz CT molecular complexity index is 327. The summed E-state index contributed by atoms with van der Waals surface area (Å²) >= 11 is 5.07. The molecule has 88 valence electrons. The Kier molecular flexibility index (Phi) is 3.90. The molecule has 1 fully saturated rings. The van der Waals surface area contributed by atoms with E-state index < -0.39 is 0 Å². The second-order valence-corrected chi connectivity index (χ2v) is 4.53. The number of nitrogens with one attached hydrogen (secondary N) is 2. The molecule has 0 radical (unpaired) electrons. The first-order chi connectivity index (χ1) is 7.81. The van der Waals surface area contributed by atoms with Gasteiger partial charge in [-0.1, -0.05) is 12.2 Å². The summed E-state index contributed by atoms with van der Waals surface area (Å²) in [6, 6.07) is 0. The lowest BCUT2D eigenvalue weighted by Crippen LogP contribution is -2.39. The number of nitrogens with zero attached hydrogens (tertiary/aromatic N) is 1. The molecule has 2 N–H and O–H groups in total. The summed E-state index contributed by atoms with van der Waals surface area (Å²) in [5, 5.41) is 7.90. The zero-order valence-electron chi connectivity index (χ0n) is 9.40. The minimum absolute atomic E-state index is 0.564. The number of allylic oxidation sites excluding steroid dienone is 2. The average Bonchev–Trinajstić information content (AvgIpc) is 2.61. The number of thiocarbonyl (C=S) groups is 1. The van der Waals surface area contributed by atoms with Crippen molar-refractivity contribution < 1.29 is 4.74 Å². The Labute approximate surface area is 101 Å². The summed E-state index contributed by atoms with van der Waals surface area (Å²) in [6.07, 6.45) is 6.80. The zero-order chi connectivity index (χ0) is 11.4. The molecule has 2 rings (SSSR count). The van der Waals surface area contributed by atoms with E-state index in [1.165, 1.54) is 12.1 Å². The van der Waals surface area contributed by atoms with E-state index in [-0.39, 0.29) is 0 Å². The van der Waals surface area contributed by atoms with Crippen molar-refractivity contribution in [3.05, 3.63) is 12.2 Å². The highest BCUT2D eigenvalue weighted by atomic mass is 32.1. The molecule has 2 aliphatic carbocycles. The van der Waals surface area contributed by atoms with Crippen LogP contribution in [0.4, 0.5) is 0 Å². The molecular weight excluding hydrogens is 222 g/mol. The third kappa shape index (κ3) is 2.59. The van der Waals surface area contributed by atoms with Crippen molar-refractivity contribution in [2.24, 2.45) is 16.9 Å². The highest BCUT2D eigenvalue weighted by Crippen LogP contribution is 2.39. The summed E-state index contributed by atoms with van der Waals surface area (Å²) in [4.78, 5) is 0. The second-order valence-electron chi connectivity index (χ2n) is 4.12. The molecule has 0 saturated heterocycles. The first-order valence-corrected chi connectivity index (χ1v) is 5.98. The van der Waals surface area contributed by atoms with Crippen LogP contribution >= 0.6 is 12.2 Å². The van der Waals surface area contributed by atoms with Crippen LogP contribution in [-0.4, -0.2) is 31.1 Å². The Balaban J connectivity index is 1.69. The van der Waals surface area contributed by atoms with Crippen molar-refractivity contribution in [2.45, 2.75) is 12.8 Å². The molecule has 0 unspecified atom stereocenters. The normalized spacial score (nSPS) is 28.7. The minimum atomic E-state index is 0.564. The Morgan fingerprint density at radius 2 is 2.56 bits per heavy atom. The van der Waals surface area contributed by atoms with E-state index in [4.69, 9.17) is 17.0 Å². The second kappa shape index (κ2) is 5.41. The highest BCUT2D eigenvalue weighted by molar-refractivity contribution is 7.80. The maximum Gasteiger partial charge on any atom is 0.187 e. The van der Waals surface area contributed by atoms with Crippen LogP contribution in [0.1, 0.15) is 12.8 Å². The standard InChI is InChI=1S/C11H17N3OS/c1-15-6-5-12-11(16)14-13-10-7-8-3-2-4-9(8)10/h2,4,8-9H,3,5-7H2,1H3,(H2,12,14,16)/b13-10-/t8-,9-/m0/s1. The summed E-state index contributed by atoms with van der Waals surface area (Å²) in [7, 11) is 1.67. The fraction of sp³-hybridized carbons (Fsp3) is 0.636.